The maximum atomic E-state index is 12.3. The van der Waals surface area contributed by atoms with Gasteiger partial charge in [0.2, 0.25) is 5.91 Å². The molecule has 0 aromatic heterocycles. The summed E-state index contributed by atoms with van der Waals surface area (Å²) in [7, 11) is 0. The summed E-state index contributed by atoms with van der Waals surface area (Å²) in [4.78, 5) is 25.5. The van der Waals surface area contributed by atoms with Crippen LogP contribution in [0.4, 0.5) is 11.4 Å². The SMILES string of the molecule is O=C1CN(C(=O)COc2ccc(Cl)cc2)c2ccccc2N1. The summed E-state index contributed by atoms with van der Waals surface area (Å²) in [5.74, 6) is 0.0447. The number of halogens is 1. The fourth-order valence-electron chi connectivity index (χ4n) is 2.21. The van der Waals surface area contributed by atoms with Gasteiger partial charge in [-0.15, -0.1) is 0 Å². The average molecular weight is 317 g/mol. The van der Waals surface area contributed by atoms with Crippen LogP contribution in [0.15, 0.2) is 48.5 Å². The van der Waals surface area contributed by atoms with Gasteiger partial charge in [0.1, 0.15) is 12.3 Å². The highest BCUT2D eigenvalue weighted by Crippen LogP contribution is 2.28. The van der Waals surface area contributed by atoms with Gasteiger partial charge in [0.05, 0.1) is 11.4 Å². The molecule has 5 nitrogen and oxygen atoms in total. The molecular weight excluding hydrogens is 304 g/mol. The first-order chi connectivity index (χ1) is 10.6. The van der Waals surface area contributed by atoms with E-state index in [-0.39, 0.29) is 25.0 Å². The van der Waals surface area contributed by atoms with E-state index >= 15 is 0 Å². The lowest BCUT2D eigenvalue weighted by atomic mass is 10.2. The number of carbonyl (C=O) groups excluding carboxylic acids is 2. The number of nitrogens with one attached hydrogen (secondary N) is 1. The smallest absolute Gasteiger partial charge is 0.265 e. The van der Waals surface area contributed by atoms with Gasteiger partial charge < -0.3 is 10.1 Å². The van der Waals surface area contributed by atoms with E-state index in [0.717, 1.165) is 0 Å². The van der Waals surface area contributed by atoms with Gasteiger partial charge in [0.15, 0.2) is 6.61 Å². The number of hydrogen-bond acceptors (Lipinski definition) is 3. The Labute approximate surface area is 132 Å². The zero-order chi connectivity index (χ0) is 15.5. The number of para-hydroxylation sites is 2. The van der Waals surface area contributed by atoms with Crippen molar-refractivity contribution in [1.29, 1.82) is 0 Å². The molecule has 0 bridgehead atoms. The molecule has 0 atom stereocenters. The molecule has 0 saturated heterocycles. The summed E-state index contributed by atoms with van der Waals surface area (Å²) in [5.41, 5.74) is 1.30. The zero-order valence-corrected chi connectivity index (χ0v) is 12.3. The average Bonchev–Trinajstić information content (AvgIpc) is 2.53. The van der Waals surface area contributed by atoms with Crippen LogP contribution in [0.1, 0.15) is 0 Å². The Morgan fingerprint density at radius 2 is 1.91 bits per heavy atom. The van der Waals surface area contributed by atoms with E-state index in [1.165, 1.54) is 4.90 Å². The molecule has 0 aliphatic carbocycles. The van der Waals surface area contributed by atoms with Crippen LogP contribution in [-0.2, 0) is 9.59 Å². The van der Waals surface area contributed by atoms with Gasteiger partial charge in [-0.05, 0) is 36.4 Å². The molecule has 0 saturated carbocycles. The molecule has 2 aromatic rings. The molecular formula is C16H13ClN2O3. The van der Waals surface area contributed by atoms with Gasteiger partial charge in [0.25, 0.3) is 5.91 Å². The molecule has 1 N–H and O–H groups in total. The van der Waals surface area contributed by atoms with Crippen molar-refractivity contribution >= 4 is 34.8 Å². The Hall–Kier alpha value is -2.53. The number of carbonyl (C=O) groups is 2. The molecule has 2 amide bonds. The maximum Gasteiger partial charge on any atom is 0.265 e. The maximum absolute atomic E-state index is 12.3. The molecule has 1 heterocycles. The van der Waals surface area contributed by atoms with Crippen molar-refractivity contribution in [2.75, 3.05) is 23.4 Å². The monoisotopic (exact) mass is 316 g/mol. The van der Waals surface area contributed by atoms with E-state index < -0.39 is 0 Å². The minimum Gasteiger partial charge on any atom is -0.484 e. The van der Waals surface area contributed by atoms with Crippen LogP contribution in [0.25, 0.3) is 0 Å². The lowest BCUT2D eigenvalue weighted by Gasteiger charge is -2.29. The predicted octanol–water partition coefficient (Wildman–Crippen LogP) is 2.70. The highest BCUT2D eigenvalue weighted by molar-refractivity contribution is 6.30. The van der Waals surface area contributed by atoms with Gasteiger partial charge in [0, 0.05) is 5.02 Å². The highest BCUT2D eigenvalue weighted by atomic mass is 35.5. The molecule has 112 valence electrons. The van der Waals surface area contributed by atoms with Crippen LogP contribution in [0, 0.1) is 0 Å². The summed E-state index contributed by atoms with van der Waals surface area (Å²) < 4.78 is 5.44. The second-order valence-corrected chi connectivity index (χ2v) is 5.22. The standard InChI is InChI=1S/C16H13ClN2O3/c17-11-5-7-12(8-6-11)22-10-16(21)19-9-15(20)18-13-3-1-2-4-14(13)19/h1-8H,9-10H2,(H,18,20). The summed E-state index contributed by atoms with van der Waals surface area (Å²) in [6, 6.07) is 13.9. The third-order valence-electron chi connectivity index (χ3n) is 3.25. The highest BCUT2D eigenvalue weighted by Gasteiger charge is 2.26. The molecule has 22 heavy (non-hydrogen) atoms. The molecule has 0 fully saturated rings. The van der Waals surface area contributed by atoms with Gasteiger partial charge in [-0.25, -0.2) is 0 Å². The van der Waals surface area contributed by atoms with E-state index in [4.69, 9.17) is 16.3 Å². The Kier molecular flexibility index (Phi) is 3.98. The van der Waals surface area contributed by atoms with E-state index in [0.29, 0.717) is 22.1 Å². The molecule has 1 aliphatic rings. The summed E-state index contributed by atoms with van der Waals surface area (Å²) in [5, 5.41) is 3.33. The first-order valence-corrected chi connectivity index (χ1v) is 7.09. The number of ether oxygens (including phenoxy) is 1. The lowest BCUT2D eigenvalue weighted by Crippen LogP contribution is -2.44. The number of fused-ring (bicyclic) bond motifs is 1. The van der Waals surface area contributed by atoms with Crippen molar-refractivity contribution in [2.24, 2.45) is 0 Å². The van der Waals surface area contributed by atoms with Gasteiger partial charge in [-0.2, -0.15) is 0 Å². The Balaban J connectivity index is 1.72. The minimum atomic E-state index is -0.280. The topological polar surface area (TPSA) is 58.6 Å². The van der Waals surface area contributed by atoms with Gasteiger partial charge in [-0.3, -0.25) is 14.5 Å². The number of hydrogen-bond donors (Lipinski definition) is 1. The number of anilines is 2. The van der Waals surface area contributed by atoms with Crippen molar-refractivity contribution in [3.8, 4) is 5.75 Å². The lowest BCUT2D eigenvalue weighted by molar-refractivity contribution is -0.123. The van der Waals surface area contributed by atoms with Crippen molar-refractivity contribution in [3.63, 3.8) is 0 Å². The predicted molar refractivity (Wildman–Crippen MR) is 84.4 cm³/mol. The molecule has 0 unspecified atom stereocenters. The van der Waals surface area contributed by atoms with Crippen molar-refractivity contribution in [2.45, 2.75) is 0 Å². The van der Waals surface area contributed by atoms with Crippen LogP contribution in [0.2, 0.25) is 5.02 Å². The molecule has 3 rings (SSSR count). The minimum absolute atomic E-state index is 0.0141. The summed E-state index contributed by atoms with van der Waals surface area (Å²) in [6.07, 6.45) is 0. The van der Waals surface area contributed by atoms with Gasteiger partial charge in [-0.1, -0.05) is 23.7 Å². The number of rotatable bonds is 3. The quantitative estimate of drug-likeness (QED) is 0.947. The fraction of sp³-hybridized carbons (Fsp3) is 0.125. The van der Waals surface area contributed by atoms with E-state index in [1.54, 1.807) is 42.5 Å². The number of nitrogens with zero attached hydrogens (tertiary/aromatic N) is 1. The van der Waals surface area contributed by atoms with Crippen molar-refractivity contribution in [3.05, 3.63) is 53.6 Å². The first kappa shape index (κ1) is 14.4. The Bertz CT molecular complexity index is 716. The molecule has 2 aromatic carbocycles. The number of benzene rings is 2. The summed E-state index contributed by atoms with van der Waals surface area (Å²) >= 11 is 5.79. The van der Waals surface area contributed by atoms with E-state index in [2.05, 4.69) is 5.32 Å². The zero-order valence-electron chi connectivity index (χ0n) is 11.6. The van der Waals surface area contributed by atoms with Gasteiger partial charge >= 0.3 is 0 Å². The molecule has 6 heteroatoms. The van der Waals surface area contributed by atoms with E-state index in [9.17, 15) is 9.59 Å². The van der Waals surface area contributed by atoms with Crippen LogP contribution in [-0.4, -0.2) is 25.0 Å². The van der Waals surface area contributed by atoms with E-state index in [1.807, 2.05) is 6.07 Å². The second kappa shape index (κ2) is 6.07. The Morgan fingerprint density at radius 3 is 2.68 bits per heavy atom. The fourth-order valence-corrected chi connectivity index (χ4v) is 2.34. The largest absolute Gasteiger partial charge is 0.484 e. The third kappa shape index (κ3) is 3.04. The molecule has 0 radical (unpaired) electrons. The van der Waals surface area contributed by atoms with Crippen LogP contribution in [0.3, 0.4) is 0 Å². The number of amides is 2. The van der Waals surface area contributed by atoms with Crippen molar-refractivity contribution < 1.29 is 14.3 Å². The Morgan fingerprint density at radius 1 is 1.18 bits per heavy atom. The second-order valence-electron chi connectivity index (χ2n) is 4.79. The normalized spacial score (nSPS) is 13.3. The van der Waals surface area contributed by atoms with Crippen LogP contribution < -0.4 is 15.0 Å². The summed E-state index contributed by atoms with van der Waals surface area (Å²) in [6.45, 7) is -0.164. The van der Waals surface area contributed by atoms with Crippen LogP contribution >= 0.6 is 11.6 Å². The third-order valence-corrected chi connectivity index (χ3v) is 3.50. The van der Waals surface area contributed by atoms with Crippen molar-refractivity contribution in [1.82, 2.24) is 0 Å². The van der Waals surface area contributed by atoms with Crippen LogP contribution in [0.5, 0.6) is 5.75 Å². The molecule has 0 spiro atoms. The molecule has 1 aliphatic heterocycles. The first-order valence-electron chi connectivity index (χ1n) is 6.71.